The van der Waals surface area contributed by atoms with Gasteiger partial charge in [-0.2, -0.15) is 0 Å². The molecule has 0 radical (unpaired) electrons. The van der Waals surface area contributed by atoms with Crippen LogP contribution in [0.5, 0.6) is 0 Å². The van der Waals surface area contributed by atoms with E-state index in [1.54, 1.807) is 0 Å². The summed E-state index contributed by atoms with van der Waals surface area (Å²) < 4.78 is 10.0. The maximum absolute atomic E-state index is 11.8. The number of rotatable bonds is 9. The Morgan fingerprint density at radius 2 is 2.00 bits per heavy atom. The Hall–Kier alpha value is -2.34. The van der Waals surface area contributed by atoms with Crippen LogP contribution in [0, 0.1) is 0 Å². The number of amides is 1. The fraction of sp³-hybridized carbons (Fsp3) is 0.375. The lowest BCUT2D eigenvalue weighted by Gasteiger charge is -2.16. The topological polar surface area (TPSA) is 90.6 Å². The van der Waals surface area contributed by atoms with Gasteiger partial charge in [0.1, 0.15) is 19.3 Å². The summed E-state index contributed by atoms with van der Waals surface area (Å²) >= 11 is 0. The van der Waals surface area contributed by atoms with E-state index in [-0.39, 0.29) is 13.2 Å². The Bertz CT molecular complexity index is 476. The molecule has 3 N–H and O–H groups in total. The van der Waals surface area contributed by atoms with E-state index in [1.807, 2.05) is 30.3 Å². The van der Waals surface area contributed by atoms with E-state index in [0.717, 1.165) is 5.56 Å². The minimum atomic E-state index is -0.772. The second-order valence-electron chi connectivity index (χ2n) is 4.61. The molecular formula is C16H22N2O4. The lowest BCUT2D eigenvalue weighted by atomic mass is 10.1. The minimum absolute atomic E-state index is 0.0959. The summed E-state index contributed by atoms with van der Waals surface area (Å²) in [5, 5.41) is 2.51. The molecule has 22 heavy (non-hydrogen) atoms. The van der Waals surface area contributed by atoms with E-state index < -0.39 is 18.1 Å². The molecule has 0 fully saturated rings. The fourth-order valence-corrected chi connectivity index (χ4v) is 1.72. The van der Waals surface area contributed by atoms with Crippen LogP contribution < -0.4 is 11.1 Å². The largest absolute Gasteiger partial charge is 0.460 e. The van der Waals surface area contributed by atoms with Gasteiger partial charge in [0.25, 0.3) is 0 Å². The highest BCUT2D eigenvalue weighted by molar-refractivity contribution is 5.81. The Balaban J connectivity index is 2.47. The summed E-state index contributed by atoms with van der Waals surface area (Å²) in [6.07, 6.45) is 1.78. The minimum Gasteiger partial charge on any atom is -0.460 e. The molecule has 0 saturated carbocycles. The first kappa shape index (κ1) is 17.7. The monoisotopic (exact) mass is 306 g/mol. The first-order valence-electron chi connectivity index (χ1n) is 7.12. The molecule has 0 aliphatic carbocycles. The van der Waals surface area contributed by atoms with Crippen molar-refractivity contribution in [1.29, 1.82) is 0 Å². The Morgan fingerprint density at radius 1 is 1.27 bits per heavy atom. The van der Waals surface area contributed by atoms with Gasteiger partial charge in [0, 0.05) is 0 Å². The fourth-order valence-electron chi connectivity index (χ4n) is 1.72. The first-order valence-corrected chi connectivity index (χ1v) is 7.12. The van der Waals surface area contributed by atoms with Gasteiger partial charge >= 0.3 is 12.1 Å². The van der Waals surface area contributed by atoms with Gasteiger partial charge in [0.05, 0.1) is 0 Å². The van der Waals surface area contributed by atoms with E-state index in [0.29, 0.717) is 19.4 Å². The van der Waals surface area contributed by atoms with Crippen molar-refractivity contribution in [3.05, 3.63) is 48.6 Å². The van der Waals surface area contributed by atoms with Crippen LogP contribution in [0.2, 0.25) is 0 Å². The Labute approximate surface area is 130 Å². The third kappa shape index (κ3) is 6.90. The molecule has 0 aromatic heterocycles. The highest BCUT2D eigenvalue weighted by Gasteiger charge is 2.22. The van der Waals surface area contributed by atoms with Crippen molar-refractivity contribution in [2.45, 2.75) is 25.5 Å². The third-order valence-corrected chi connectivity index (χ3v) is 2.83. The van der Waals surface area contributed by atoms with Gasteiger partial charge in [0.15, 0.2) is 0 Å². The first-order chi connectivity index (χ1) is 10.7. The number of alkyl carbamates (subject to hydrolysis) is 1. The average Bonchev–Trinajstić information content (AvgIpc) is 2.55. The Kier molecular flexibility index (Phi) is 8.37. The summed E-state index contributed by atoms with van der Waals surface area (Å²) in [4.78, 5) is 23.6. The number of carbonyl (C=O) groups is 2. The van der Waals surface area contributed by atoms with Gasteiger partial charge in [0.2, 0.25) is 0 Å². The van der Waals surface area contributed by atoms with Crippen LogP contribution >= 0.6 is 0 Å². The van der Waals surface area contributed by atoms with Crippen molar-refractivity contribution >= 4 is 12.1 Å². The number of hydrogen-bond donors (Lipinski definition) is 2. The third-order valence-electron chi connectivity index (χ3n) is 2.83. The summed E-state index contributed by atoms with van der Waals surface area (Å²) in [6, 6.07) is 8.50. The van der Waals surface area contributed by atoms with Gasteiger partial charge in [-0.25, -0.2) is 9.59 Å². The van der Waals surface area contributed by atoms with Crippen LogP contribution in [0.15, 0.2) is 43.0 Å². The van der Waals surface area contributed by atoms with Crippen LogP contribution in [0.3, 0.4) is 0 Å². The van der Waals surface area contributed by atoms with Gasteiger partial charge in [-0.05, 0) is 24.9 Å². The molecule has 0 saturated heterocycles. The predicted octanol–water partition coefficient (Wildman–Crippen LogP) is 1.75. The molecule has 0 aliphatic rings. The number of benzene rings is 1. The van der Waals surface area contributed by atoms with E-state index >= 15 is 0 Å². The van der Waals surface area contributed by atoms with Gasteiger partial charge in [-0.15, -0.1) is 0 Å². The molecule has 0 spiro atoms. The molecular weight excluding hydrogens is 284 g/mol. The molecule has 1 unspecified atom stereocenters. The van der Waals surface area contributed by atoms with Crippen LogP contribution in [0.1, 0.15) is 18.4 Å². The Morgan fingerprint density at radius 3 is 2.64 bits per heavy atom. The van der Waals surface area contributed by atoms with Crippen LogP contribution in [-0.4, -0.2) is 31.3 Å². The second kappa shape index (κ2) is 10.4. The quantitative estimate of drug-likeness (QED) is 0.536. The summed E-state index contributed by atoms with van der Waals surface area (Å²) in [5.74, 6) is -0.523. The lowest BCUT2D eigenvalue weighted by molar-refractivity contribution is -0.145. The van der Waals surface area contributed by atoms with Gasteiger partial charge < -0.3 is 20.5 Å². The van der Waals surface area contributed by atoms with Crippen molar-refractivity contribution in [3.8, 4) is 0 Å². The molecule has 6 heteroatoms. The second-order valence-corrected chi connectivity index (χ2v) is 4.61. The highest BCUT2D eigenvalue weighted by atomic mass is 16.6. The zero-order valence-corrected chi connectivity index (χ0v) is 12.5. The van der Waals surface area contributed by atoms with Crippen molar-refractivity contribution in [2.75, 3.05) is 13.2 Å². The molecule has 0 bridgehead atoms. The molecule has 1 aromatic carbocycles. The van der Waals surface area contributed by atoms with E-state index in [2.05, 4.69) is 11.9 Å². The number of hydrogen-bond acceptors (Lipinski definition) is 5. The maximum Gasteiger partial charge on any atom is 0.408 e. The zero-order valence-electron chi connectivity index (χ0n) is 12.5. The molecule has 0 heterocycles. The van der Waals surface area contributed by atoms with Crippen molar-refractivity contribution in [2.24, 2.45) is 5.73 Å². The summed E-state index contributed by atoms with van der Waals surface area (Å²) in [6.45, 7) is 4.12. The molecule has 0 aliphatic heterocycles. The molecule has 1 aromatic rings. The summed E-state index contributed by atoms with van der Waals surface area (Å²) in [7, 11) is 0. The summed E-state index contributed by atoms with van der Waals surface area (Å²) in [5.41, 5.74) is 6.30. The van der Waals surface area contributed by atoms with E-state index in [4.69, 9.17) is 15.2 Å². The van der Waals surface area contributed by atoms with Gasteiger partial charge in [-0.3, -0.25) is 0 Å². The SMILES string of the molecule is C=CCOC(=O)C(CCCN)NC(=O)OCc1ccccc1. The number of ether oxygens (including phenoxy) is 2. The molecule has 1 amide bonds. The molecule has 1 rings (SSSR count). The number of nitrogens with two attached hydrogens (primary N) is 1. The number of nitrogens with one attached hydrogen (secondary N) is 1. The number of carbonyl (C=O) groups excluding carboxylic acids is 2. The lowest BCUT2D eigenvalue weighted by Crippen LogP contribution is -2.42. The maximum atomic E-state index is 11.8. The van der Waals surface area contributed by atoms with Gasteiger partial charge in [-0.1, -0.05) is 43.0 Å². The van der Waals surface area contributed by atoms with E-state index in [9.17, 15) is 9.59 Å². The standard InChI is InChI=1S/C16H22N2O4/c1-2-11-21-15(19)14(9-6-10-17)18-16(20)22-12-13-7-4-3-5-8-13/h2-5,7-8,14H,1,6,9-12,17H2,(H,18,20). The van der Waals surface area contributed by atoms with Crippen LogP contribution in [0.25, 0.3) is 0 Å². The van der Waals surface area contributed by atoms with Crippen molar-refractivity contribution in [3.63, 3.8) is 0 Å². The number of esters is 1. The average molecular weight is 306 g/mol. The zero-order chi connectivity index (χ0) is 16.2. The van der Waals surface area contributed by atoms with Crippen LogP contribution in [-0.2, 0) is 20.9 Å². The predicted molar refractivity (Wildman–Crippen MR) is 83.0 cm³/mol. The molecule has 1 atom stereocenters. The smallest absolute Gasteiger partial charge is 0.408 e. The molecule has 120 valence electrons. The normalized spacial score (nSPS) is 11.3. The molecule has 6 nitrogen and oxygen atoms in total. The van der Waals surface area contributed by atoms with E-state index in [1.165, 1.54) is 6.08 Å². The van der Waals surface area contributed by atoms with Crippen molar-refractivity contribution in [1.82, 2.24) is 5.32 Å². The van der Waals surface area contributed by atoms with Crippen molar-refractivity contribution < 1.29 is 19.1 Å². The van der Waals surface area contributed by atoms with Crippen LogP contribution in [0.4, 0.5) is 4.79 Å². The highest BCUT2D eigenvalue weighted by Crippen LogP contribution is 2.03.